The van der Waals surface area contributed by atoms with Crippen molar-refractivity contribution in [3.05, 3.63) is 141 Å². The van der Waals surface area contributed by atoms with E-state index in [1.807, 2.05) is 91.9 Å². The van der Waals surface area contributed by atoms with Gasteiger partial charge in [0.1, 0.15) is 11.3 Å². The summed E-state index contributed by atoms with van der Waals surface area (Å²) in [5.74, 6) is -0.276. The van der Waals surface area contributed by atoms with Gasteiger partial charge in [0, 0.05) is 12.1 Å². The van der Waals surface area contributed by atoms with Gasteiger partial charge in [0.25, 0.3) is 11.8 Å². The molecule has 2 aliphatic rings. The lowest BCUT2D eigenvalue weighted by Gasteiger charge is -2.34. The number of fused-ring (bicyclic) bond motifs is 5. The quantitative estimate of drug-likeness (QED) is 0.291. The van der Waals surface area contributed by atoms with Crippen LogP contribution in [0.25, 0.3) is 11.0 Å². The largest absolute Gasteiger partial charge is 0.497 e. The van der Waals surface area contributed by atoms with Crippen LogP contribution in [0.3, 0.4) is 0 Å². The molecule has 0 fully saturated rings. The number of anilines is 1. The minimum absolute atomic E-state index is 0.0714. The van der Waals surface area contributed by atoms with E-state index in [-0.39, 0.29) is 35.7 Å². The molecule has 0 bridgehead atoms. The van der Waals surface area contributed by atoms with Gasteiger partial charge in [0.15, 0.2) is 11.0 Å². The summed E-state index contributed by atoms with van der Waals surface area (Å²) in [6, 6.07) is 29.7. The Bertz CT molecular complexity index is 1910. The Balaban J connectivity index is 1.50. The van der Waals surface area contributed by atoms with Gasteiger partial charge >= 0.3 is 0 Å². The molecule has 2 aliphatic heterocycles. The minimum Gasteiger partial charge on any atom is -0.497 e. The van der Waals surface area contributed by atoms with Gasteiger partial charge in [-0.2, -0.15) is 0 Å². The van der Waals surface area contributed by atoms with Crippen molar-refractivity contribution < 1.29 is 18.7 Å². The third kappa shape index (κ3) is 3.55. The summed E-state index contributed by atoms with van der Waals surface area (Å²) in [5, 5.41) is 0.342. The van der Waals surface area contributed by atoms with Crippen LogP contribution in [0.2, 0.25) is 0 Å². The molecular weight excluding hydrogens is 516 g/mol. The number of carbonyl (C=O) groups is 2. The molecule has 7 nitrogen and oxygen atoms in total. The highest BCUT2D eigenvalue weighted by atomic mass is 16.5. The lowest BCUT2D eigenvalue weighted by molar-refractivity contribution is -0.126. The van der Waals surface area contributed by atoms with Crippen molar-refractivity contribution >= 4 is 28.5 Å². The zero-order chi connectivity index (χ0) is 28.3. The topological polar surface area (TPSA) is 80.1 Å². The summed E-state index contributed by atoms with van der Waals surface area (Å²) < 4.78 is 11.5. The molecule has 5 aromatic rings. The van der Waals surface area contributed by atoms with Gasteiger partial charge in [-0.25, -0.2) is 0 Å². The highest BCUT2D eigenvalue weighted by molar-refractivity contribution is 6.17. The van der Waals surface area contributed by atoms with Crippen LogP contribution in [0.5, 0.6) is 5.75 Å². The number of para-hydroxylation sites is 1. The van der Waals surface area contributed by atoms with E-state index in [0.717, 1.165) is 16.7 Å². The van der Waals surface area contributed by atoms with Gasteiger partial charge in [-0.05, 0) is 48.4 Å². The van der Waals surface area contributed by atoms with Crippen LogP contribution in [0.15, 0.2) is 106 Å². The Hall–Kier alpha value is -5.17. The van der Waals surface area contributed by atoms with Crippen LogP contribution >= 0.6 is 0 Å². The molecule has 4 aromatic carbocycles. The first-order valence-corrected chi connectivity index (χ1v) is 13.4. The smallest absolute Gasteiger partial charge is 0.291 e. The molecule has 7 rings (SSSR count). The van der Waals surface area contributed by atoms with Gasteiger partial charge in [0.05, 0.1) is 30.3 Å². The summed E-state index contributed by atoms with van der Waals surface area (Å²) >= 11 is 0. The first-order valence-electron chi connectivity index (χ1n) is 13.4. The van der Waals surface area contributed by atoms with E-state index in [1.54, 1.807) is 24.1 Å². The molecule has 0 saturated carbocycles. The maximum absolute atomic E-state index is 14.9. The molecular formula is C34H26N2O5. The van der Waals surface area contributed by atoms with Gasteiger partial charge in [-0.15, -0.1) is 0 Å². The van der Waals surface area contributed by atoms with Crippen LogP contribution in [-0.2, 0) is 23.4 Å². The standard InChI is InChI=1S/C34H26N2O5/c1-21-12-17-28-25(18-21)30(37)29-31(41-28)32(38)36(20-23-13-15-24(40-2)16-14-23)34(29)26-10-6-7-11-27(26)35(33(34)39)19-22-8-4-3-5-9-22/h3-18H,19-20H2,1-2H3. The number of hydrogen-bond donors (Lipinski definition) is 0. The Morgan fingerprint density at radius 3 is 2.27 bits per heavy atom. The van der Waals surface area contributed by atoms with Crippen molar-refractivity contribution in [2.45, 2.75) is 25.6 Å². The first-order chi connectivity index (χ1) is 19.9. The molecule has 2 amide bonds. The normalized spacial score (nSPS) is 17.4. The van der Waals surface area contributed by atoms with Crippen LogP contribution < -0.4 is 15.1 Å². The monoisotopic (exact) mass is 542 g/mol. The number of carbonyl (C=O) groups excluding carboxylic acids is 2. The third-order valence-corrected chi connectivity index (χ3v) is 8.07. The number of amides is 2. The Morgan fingerprint density at radius 1 is 0.805 bits per heavy atom. The Labute approximate surface area is 236 Å². The Kier molecular flexibility index (Phi) is 5.57. The molecule has 3 heterocycles. The van der Waals surface area contributed by atoms with E-state index in [2.05, 4.69) is 0 Å². The fourth-order valence-electron chi connectivity index (χ4n) is 6.16. The number of methoxy groups -OCH3 is 1. The van der Waals surface area contributed by atoms with E-state index in [1.165, 1.54) is 4.90 Å². The first kappa shape index (κ1) is 24.8. The Morgan fingerprint density at radius 2 is 1.51 bits per heavy atom. The van der Waals surface area contributed by atoms with Gasteiger partial charge in [-0.3, -0.25) is 14.4 Å². The fourth-order valence-corrected chi connectivity index (χ4v) is 6.16. The number of aryl methyl sites for hydroxylation is 1. The van der Waals surface area contributed by atoms with Crippen molar-refractivity contribution in [3.63, 3.8) is 0 Å². The fraction of sp³-hybridized carbons (Fsp3) is 0.147. The minimum atomic E-state index is -1.68. The van der Waals surface area contributed by atoms with E-state index in [0.29, 0.717) is 28.0 Å². The van der Waals surface area contributed by atoms with Crippen molar-refractivity contribution in [1.82, 2.24) is 4.90 Å². The van der Waals surface area contributed by atoms with Crippen molar-refractivity contribution in [1.29, 1.82) is 0 Å². The molecule has 0 radical (unpaired) electrons. The van der Waals surface area contributed by atoms with Gasteiger partial charge in [0.2, 0.25) is 5.76 Å². The summed E-state index contributed by atoms with van der Waals surface area (Å²) in [7, 11) is 1.59. The van der Waals surface area contributed by atoms with Crippen molar-refractivity contribution in [2.24, 2.45) is 0 Å². The summed E-state index contributed by atoms with van der Waals surface area (Å²) in [6.07, 6.45) is 0. The third-order valence-electron chi connectivity index (χ3n) is 8.07. The van der Waals surface area contributed by atoms with Crippen molar-refractivity contribution in [3.8, 4) is 5.75 Å². The molecule has 41 heavy (non-hydrogen) atoms. The van der Waals surface area contributed by atoms with E-state index < -0.39 is 11.4 Å². The SMILES string of the molecule is COc1ccc(CN2C(=O)c3oc4ccc(C)cc4c(=O)c3C23C(=O)N(Cc2ccccc2)c2ccccc23)cc1. The summed E-state index contributed by atoms with van der Waals surface area (Å²) in [6.45, 7) is 2.26. The zero-order valence-corrected chi connectivity index (χ0v) is 22.6. The number of nitrogens with zero attached hydrogens (tertiary/aromatic N) is 2. The second-order valence-corrected chi connectivity index (χ2v) is 10.5. The average Bonchev–Trinajstić information content (AvgIpc) is 3.39. The molecule has 0 saturated heterocycles. The predicted octanol–water partition coefficient (Wildman–Crippen LogP) is 5.56. The molecule has 0 aliphatic carbocycles. The van der Waals surface area contributed by atoms with Crippen LogP contribution in [0, 0.1) is 6.92 Å². The maximum Gasteiger partial charge on any atom is 0.291 e. The summed E-state index contributed by atoms with van der Waals surface area (Å²) in [5.41, 5.74) is 2.16. The number of benzene rings is 4. The summed E-state index contributed by atoms with van der Waals surface area (Å²) in [4.78, 5) is 46.7. The highest BCUT2D eigenvalue weighted by Gasteiger charge is 2.64. The molecule has 1 unspecified atom stereocenters. The number of hydrogen-bond acceptors (Lipinski definition) is 5. The van der Waals surface area contributed by atoms with Crippen LogP contribution in [0.4, 0.5) is 5.69 Å². The lowest BCUT2D eigenvalue weighted by atomic mass is 9.83. The van der Waals surface area contributed by atoms with E-state index >= 15 is 0 Å². The van der Waals surface area contributed by atoms with Crippen LogP contribution in [-0.4, -0.2) is 23.8 Å². The zero-order valence-electron chi connectivity index (χ0n) is 22.6. The number of ether oxygens (including phenoxy) is 1. The van der Waals surface area contributed by atoms with Crippen molar-refractivity contribution in [2.75, 3.05) is 12.0 Å². The molecule has 7 heteroatoms. The molecule has 0 N–H and O–H groups in total. The van der Waals surface area contributed by atoms with Gasteiger partial charge < -0.3 is 19.0 Å². The molecule has 1 aromatic heterocycles. The lowest BCUT2D eigenvalue weighted by Crippen LogP contribution is -2.52. The predicted molar refractivity (Wildman–Crippen MR) is 155 cm³/mol. The maximum atomic E-state index is 14.9. The van der Waals surface area contributed by atoms with Crippen LogP contribution in [0.1, 0.15) is 38.4 Å². The highest BCUT2D eigenvalue weighted by Crippen LogP contribution is 2.53. The van der Waals surface area contributed by atoms with Gasteiger partial charge in [-0.1, -0.05) is 72.3 Å². The van der Waals surface area contributed by atoms with E-state index in [4.69, 9.17) is 9.15 Å². The second-order valence-electron chi connectivity index (χ2n) is 10.5. The van der Waals surface area contributed by atoms with E-state index in [9.17, 15) is 14.4 Å². The molecule has 202 valence electrons. The second kappa shape index (κ2) is 9.20. The molecule has 1 spiro atoms. The average molecular weight is 543 g/mol. The number of rotatable bonds is 5. The molecule has 1 atom stereocenters.